The van der Waals surface area contributed by atoms with Crippen LogP contribution in [0.15, 0.2) is 28.0 Å². The minimum absolute atomic E-state index is 0.0633. The smallest absolute Gasteiger partial charge is 0.244 e. The molecule has 114 valence electrons. The van der Waals surface area contributed by atoms with Crippen molar-refractivity contribution in [1.82, 2.24) is 24.5 Å². The van der Waals surface area contributed by atoms with Crippen molar-refractivity contribution in [2.45, 2.75) is 17.9 Å². The number of nitrogens with zero attached hydrogens (tertiary/aromatic N) is 4. The molecule has 21 heavy (non-hydrogen) atoms. The molecule has 1 atom stereocenters. The molecule has 0 aliphatic carbocycles. The molecule has 0 saturated heterocycles. The van der Waals surface area contributed by atoms with Gasteiger partial charge in [-0.2, -0.15) is 0 Å². The molecule has 8 nitrogen and oxygen atoms in total. The highest BCUT2D eigenvalue weighted by Crippen LogP contribution is 2.24. The fourth-order valence-electron chi connectivity index (χ4n) is 1.85. The molecule has 0 spiro atoms. The standard InChI is InChI=1S/C11H15BrN6O2S/c1-7(11-16-15-6-18(11)3)17-21(19,20)9-4-8(12)5-14-10(9)13-2/h4-7,17H,1-3H3,(H,13,14). The third-order valence-corrected chi connectivity index (χ3v) is 4.80. The number of sulfonamides is 1. The summed E-state index contributed by atoms with van der Waals surface area (Å²) >= 11 is 3.23. The monoisotopic (exact) mass is 374 g/mol. The summed E-state index contributed by atoms with van der Waals surface area (Å²) in [5.41, 5.74) is 0. The highest BCUT2D eigenvalue weighted by atomic mass is 79.9. The van der Waals surface area contributed by atoms with Crippen molar-refractivity contribution >= 4 is 31.8 Å². The summed E-state index contributed by atoms with van der Waals surface area (Å²) in [4.78, 5) is 4.10. The Balaban J connectivity index is 2.35. The normalized spacial score (nSPS) is 13.1. The van der Waals surface area contributed by atoms with Gasteiger partial charge in [0.15, 0.2) is 0 Å². The van der Waals surface area contributed by atoms with E-state index in [4.69, 9.17) is 0 Å². The van der Waals surface area contributed by atoms with Gasteiger partial charge in [-0.05, 0) is 28.9 Å². The number of nitrogens with one attached hydrogen (secondary N) is 2. The zero-order valence-electron chi connectivity index (χ0n) is 11.7. The minimum Gasteiger partial charge on any atom is -0.372 e. The second-order valence-corrected chi connectivity index (χ2v) is 6.99. The van der Waals surface area contributed by atoms with Crippen LogP contribution in [-0.4, -0.2) is 35.2 Å². The van der Waals surface area contributed by atoms with Crippen molar-refractivity contribution in [3.8, 4) is 0 Å². The number of rotatable bonds is 5. The van der Waals surface area contributed by atoms with Crippen molar-refractivity contribution in [3.63, 3.8) is 0 Å². The van der Waals surface area contributed by atoms with E-state index in [1.54, 1.807) is 25.6 Å². The van der Waals surface area contributed by atoms with Gasteiger partial charge in [0.25, 0.3) is 0 Å². The Morgan fingerprint density at radius 1 is 1.43 bits per heavy atom. The van der Waals surface area contributed by atoms with Crippen molar-refractivity contribution in [1.29, 1.82) is 0 Å². The highest BCUT2D eigenvalue weighted by Gasteiger charge is 2.24. The molecular formula is C11H15BrN6O2S. The largest absolute Gasteiger partial charge is 0.372 e. The van der Waals surface area contributed by atoms with E-state index in [-0.39, 0.29) is 10.7 Å². The van der Waals surface area contributed by atoms with Gasteiger partial charge < -0.3 is 9.88 Å². The Morgan fingerprint density at radius 2 is 2.14 bits per heavy atom. The molecule has 2 heterocycles. The maximum atomic E-state index is 12.5. The van der Waals surface area contributed by atoms with Crippen LogP contribution in [0.4, 0.5) is 5.82 Å². The molecule has 1 unspecified atom stereocenters. The van der Waals surface area contributed by atoms with Crippen LogP contribution in [0.5, 0.6) is 0 Å². The average molecular weight is 375 g/mol. The fourth-order valence-corrected chi connectivity index (χ4v) is 3.72. The van der Waals surface area contributed by atoms with Crippen LogP contribution in [0.25, 0.3) is 0 Å². The second-order valence-electron chi connectivity index (χ2n) is 4.39. The van der Waals surface area contributed by atoms with E-state index in [0.717, 1.165) is 0 Å². The molecule has 2 aromatic heterocycles. The topological polar surface area (TPSA) is 102 Å². The van der Waals surface area contributed by atoms with E-state index in [1.165, 1.54) is 18.6 Å². The summed E-state index contributed by atoms with van der Waals surface area (Å²) in [6.07, 6.45) is 3.04. The lowest BCUT2D eigenvalue weighted by Gasteiger charge is -2.15. The maximum absolute atomic E-state index is 12.5. The number of aryl methyl sites for hydroxylation is 1. The number of aromatic nitrogens is 4. The van der Waals surface area contributed by atoms with Crippen molar-refractivity contribution in [2.24, 2.45) is 7.05 Å². The average Bonchev–Trinajstić information content (AvgIpc) is 2.84. The van der Waals surface area contributed by atoms with Crippen LogP contribution in [-0.2, 0) is 17.1 Å². The zero-order chi connectivity index (χ0) is 15.6. The molecule has 0 saturated carbocycles. The number of halogens is 1. The Bertz CT molecular complexity index is 745. The molecule has 2 aromatic rings. The molecule has 0 bridgehead atoms. The van der Waals surface area contributed by atoms with E-state index in [0.29, 0.717) is 10.3 Å². The van der Waals surface area contributed by atoms with Gasteiger partial charge >= 0.3 is 0 Å². The molecule has 0 aliphatic rings. The predicted octanol–water partition coefficient (Wildman–Crippen LogP) is 1.05. The second kappa shape index (κ2) is 6.08. The molecule has 10 heteroatoms. The first-order chi connectivity index (χ1) is 9.85. The summed E-state index contributed by atoms with van der Waals surface area (Å²) in [7, 11) is -0.391. The Kier molecular flexibility index (Phi) is 4.59. The molecule has 0 aliphatic heterocycles. The molecule has 0 amide bonds. The van der Waals surface area contributed by atoms with Crippen molar-refractivity contribution < 1.29 is 8.42 Å². The predicted molar refractivity (Wildman–Crippen MR) is 81.2 cm³/mol. The van der Waals surface area contributed by atoms with E-state index < -0.39 is 16.1 Å². The van der Waals surface area contributed by atoms with Crippen LogP contribution < -0.4 is 10.0 Å². The van der Waals surface area contributed by atoms with Gasteiger partial charge in [-0.1, -0.05) is 0 Å². The summed E-state index contributed by atoms with van der Waals surface area (Å²) < 4.78 is 29.8. The SMILES string of the molecule is CNc1ncc(Br)cc1S(=O)(=O)NC(C)c1nncn1C. The number of pyridine rings is 1. The first-order valence-corrected chi connectivity index (χ1v) is 8.32. The van der Waals surface area contributed by atoms with Gasteiger partial charge in [0, 0.05) is 24.8 Å². The summed E-state index contributed by atoms with van der Waals surface area (Å²) in [5.74, 6) is 0.795. The third kappa shape index (κ3) is 3.39. The summed E-state index contributed by atoms with van der Waals surface area (Å²) in [6, 6.07) is 0.969. The van der Waals surface area contributed by atoms with Crippen LogP contribution in [0.1, 0.15) is 18.8 Å². The third-order valence-electron chi connectivity index (χ3n) is 2.81. The first-order valence-electron chi connectivity index (χ1n) is 6.04. The lowest BCUT2D eigenvalue weighted by atomic mass is 10.3. The molecule has 2 rings (SSSR count). The summed E-state index contributed by atoms with van der Waals surface area (Å²) in [6.45, 7) is 1.70. The Hall–Kier alpha value is -1.52. The van der Waals surface area contributed by atoms with Crippen LogP contribution in [0.2, 0.25) is 0 Å². The maximum Gasteiger partial charge on any atom is 0.244 e. The lowest BCUT2D eigenvalue weighted by molar-refractivity contribution is 0.553. The lowest BCUT2D eigenvalue weighted by Crippen LogP contribution is -2.29. The molecular weight excluding hydrogens is 360 g/mol. The van der Waals surface area contributed by atoms with E-state index in [1.807, 2.05) is 0 Å². The molecule has 0 aromatic carbocycles. The zero-order valence-corrected chi connectivity index (χ0v) is 14.1. The number of hydrogen-bond donors (Lipinski definition) is 2. The Labute approximate surface area is 131 Å². The Morgan fingerprint density at radius 3 is 2.71 bits per heavy atom. The molecule has 0 fully saturated rings. The van der Waals surface area contributed by atoms with Crippen LogP contribution >= 0.6 is 15.9 Å². The van der Waals surface area contributed by atoms with E-state index in [2.05, 4.69) is 41.2 Å². The number of anilines is 1. The molecule has 2 N–H and O–H groups in total. The van der Waals surface area contributed by atoms with Crippen LogP contribution in [0, 0.1) is 0 Å². The molecule has 0 radical (unpaired) electrons. The first kappa shape index (κ1) is 15.9. The summed E-state index contributed by atoms with van der Waals surface area (Å²) in [5, 5.41) is 10.4. The highest BCUT2D eigenvalue weighted by molar-refractivity contribution is 9.10. The van der Waals surface area contributed by atoms with Gasteiger partial charge in [-0.3, -0.25) is 0 Å². The fraction of sp³-hybridized carbons (Fsp3) is 0.364. The van der Waals surface area contributed by atoms with E-state index >= 15 is 0 Å². The van der Waals surface area contributed by atoms with Crippen molar-refractivity contribution in [2.75, 3.05) is 12.4 Å². The number of hydrogen-bond acceptors (Lipinski definition) is 6. The van der Waals surface area contributed by atoms with Gasteiger partial charge in [-0.25, -0.2) is 18.1 Å². The van der Waals surface area contributed by atoms with Gasteiger partial charge in [0.05, 0.1) is 6.04 Å². The van der Waals surface area contributed by atoms with Gasteiger partial charge in [-0.15, -0.1) is 10.2 Å². The minimum atomic E-state index is -3.75. The van der Waals surface area contributed by atoms with E-state index in [9.17, 15) is 8.42 Å². The van der Waals surface area contributed by atoms with Crippen molar-refractivity contribution in [3.05, 3.63) is 28.9 Å². The van der Waals surface area contributed by atoms with Crippen LogP contribution in [0.3, 0.4) is 0 Å². The van der Waals surface area contributed by atoms with Gasteiger partial charge in [0.1, 0.15) is 22.9 Å². The quantitative estimate of drug-likeness (QED) is 0.810. The van der Waals surface area contributed by atoms with Gasteiger partial charge in [0.2, 0.25) is 10.0 Å².